The van der Waals surface area contributed by atoms with Crippen LogP contribution in [0.4, 0.5) is 16.2 Å². The highest BCUT2D eigenvalue weighted by atomic mass is 16.2. The maximum atomic E-state index is 13.9. The number of amides is 4. The van der Waals surface area contributed by atoms with Crippen molar-refractivity contribution < 1.29 is 14.4 Å². The van der Waals surface area contributed by atoms with Crippen LogP contribution < -0.4 is 15.5 Å². The van der Waals surface area contributed by atoms with Crippen molar-refractivity contribution in [3.63, 3.8) is 0 Å². The normalized spacial score (nSPS) is 16.6. The quantitative estimate of drug-likeness (QED) is 0.524. The van der Waals surface area contributed by atoms with Crippen LogP contribution >= 0.6 is 0 Å². The smallest absolute Gasteiger partial charge is 0.321 e. The number of hydrogen-bond acceptors (Lipinski definition) is 4. The van der Waals surface area contributed by atoms with Gasteiger partial charge in [0.05, 0.1) is 6.67 Å². The van der Waals surface area contributed by atoms with Gasteiger partial charge in [0.15, 0.2) is 0 Å². The fourth-order valence-electron chi connectivity index (χ4n) is 5.35. The Balaban J connectivity index is 1.27. The number of hydrogen-bond donors (Lipinski definition) is 2. The predicted octanol–water partition coefficient (Wildman–Crippen LogP) is 3.98. The number of para-hydroxylation sites is 1. The van der Waals surface area contributed by atoms with Crippen LogP contribution in [0.1, 0.15) is 24.0 Å². The summed E-state index contributed by atoms with van der Waals surface area (Å²) in [6.07, 6.45) is 0.980. The van der Waals surface area contributed by atoms with Gasteiger partial charge in [0, 0.05) is 31.0 Å². The summed E-state index contributed by atoms with van der Waals surface area (Å²) in [5.41, 5.74) is 2.98. The van der Waals surface area contributed by atoms with Crippen LogP contribution in [-0.4, -0.2) is 59.5 Å². The van der Waals surface area contributed by atoms with Crippen molar-refractivity contribution in [2.75, 3.05) is 36.5 Å². The summed E-state index contributed by atoms with van der Waals surface area (Å²) in [4.78, 5) is 45.1. The van der Waals surface area contributed by atoms with Crippen molar-refractivity contribution >= 4 is 29.2 Å². The summed E-state index contributed by atoms with van der Waals surface area (Å²) < 4.78 is 0. The van der Waals surface area contributed by atoms with E-state index in [9.17, 15) is 14.4 Å². The van der Waals surface area contributed by atoms with E-state index in [1.54, 1.807) is 9.80 Å². The molecular formula is C30H33N5O3. The van der Waals surface area contributed by atoms with Crippen LogP contribution in [0.25, 0.3) is 0 Å². The second-order valence-corrected chi connectivity index (χ2v) is 9.99. The highest BCUT2D eigenvalue weighted by Crippen LogP contribution is 2.39. The molecule has 0 saturated carbocycles. The zero-order valence-electron chi connectivity index (χ0n) is 21.6. The van der Waals surface area contributed by atoms with Crippen LogP contribution in [0.5, 0.6) is 0 Å². The number of carbonyl (C=O) groups is 3. The third kappa shape index (κ3) is 5.34. The Bertz CT molecular complexity index is 1290. The Kier molecular flexibility index (Phi) is 7.31. The molecule has 8 heteroatoms. The minimum absolute atomic E-state index is 0.00565. The number of nitrogens with zero attached hydrogens (tertiary/aromatic N) is 3. The Labute approximate surface area is 223 Å². The van der Waals surface area contributed by atoms with Crippen molar-refractivity contribution in [2.24, 2.45) is 0 Å². The molecule has 0 aliphatic carbocycles. The number of urea groups is 1. The van der Waals surface area contributed by atoms with Crippen molar-refractivity contribution in [1.29, 1.82) is 0 Å². The Morgan fingerprint density at radius 3 is 2.26 bits per heavy atom. The lowest BCUT2D eigenvalue weighted by molar-refractivity contribution is -0.137. The van der Waals surface area contributed by atoms with E-state index in [1.807, 2.05) is 91.9 Å². The molecule has 0 radical (unpaired) electrons. The lowest BCUT2D eigenvalue weighted by atomic mass is 9.85. The molecule has 3 aromatic rings. The maximum Gasteiger partial charge on any atom is 0.321 e. The molecule has 1 spiro atoms. The average Bonchev–Trinajstić information content (AvgIpc) is 3.19. The molecule has 38 heavy (non-hydrogen) atoms. The van der Waals surface area contributed by atoms with Gasteiger partial charge in [-0.25, -0.2) is 4.79 Å². The van der Waals surface area contributed by atoms with E-state index in [0.717, 1.165) is 22.5 Å². The van der Waals surface area contributed by atoms with Gasteiger partial charge in [0.1, 0.15) is 12.1 Å². The molecule has 8 nitrogen and oxygen atoms in total. The molecular weight excluding hydrogens is 478 g/mol. The molecule has 196 valence electrons. The van der Waals surface area contributed by atoms with E-state index in [1.165, 1.54) is 0 Å². The molecule has 0 atom stereocenters. The first-order valence-corrected chi connectivity index (χ1v) is 13.0. The number of piperidine rings is 1. The zero-order valence-corrected chi connectivity index (χ0v) is 21.6. The zero-order chi connectivity index (χ0) is 26.5. The van der Waals surface area contributed by atoms with E-state index in [-0.39, 0.29) is 24.4 Å². The van der Waals surface area contributed by atoms with Crippen LogP contribution in [-0.2, 0) is 16.1 Å². The monoisotopic (exact) mass is 511 g/mol. The molecule has 2 N–H and O–H groups in total. The number of carbonyl (C=O) groups excluding carboxylic acids is 3. The second kappa shape index (κ2) is 11.0. The summed E-state index contributed by atoms with van der Waals surface area (Å²) >= 11 is 0. The molecule has 2 aliphatic rings. The highest BCUT2D eigenvalue weighted by molar-refractivity contribution is 5.97. The predicted molar refractivity (Wildman–Crippen MR) is 148 cm³/mol. The Morgan fingerprint density at radius 1 is 0.895 bits per heavy atom. The minimum atomic E-state index is -0.790. The van der Waals surface area contributed by atoms with Gasteiger partial charge in [-0.3, -0.25) is 9.59 Å². The van der Waals surface area contributed by atoms with Crippen molar-refractivity contribution in [3.8, 4) is 0 Å². The molecule has 2 aliphatic heterocycles. The Hall–Kier alpha value is -4.33. The maximum absolute atomic E-state index is 13.9. The van der Waals surface area contributed by atoms with Gasteiger partial charge < -0.3 is 25.3 Å². The van der Waals surface area contributed by atoms with Gasteiger partial charge in [-0.2, -0.15) is 0 Å². The van der Waals surface area contributed by atoms with E-state index in [4.69, 9.17) is 0 Å². The number of anilines is 2. The second-order valence-electron chi connectivity index (χ2n) is 9.99. The molecule has 5 rings (SSSR count). The van der Waals surface area contributed by atoms with Gasteiger partial charge in [-0.1, -0.05) is 60.7 Å². The van der Waals surface area contributed by atoms with Crippen molar-refractivity contribution in [1.82, 2.24) is 15.1 Å². The summed E-state index contributed by atoms with van der Waals surface area (Å²) in [7, 11) is 0. The SMILES string of the molecule is Cc1cccc(NC(=O)N2CCC3(CC2)C(=O)N(CC(=O)NCc2ccccc2)CN3c2ccccc2)c1. The lowest BCUT2D eigenvalue weighted by Gasteiger charge is -2.43. The number of nitrogens with one attached hydrogen (secondary N) is 2. The fourth-order valence-corrected chi connectivity index (χ4v) is 5.35. The van der Waals surface area contributed by atoms with E-state index >= 15 is 0 Å². The summed E-state index contributed by atoms with van der Waals surface area (Å²) in [6.45, 7) is 3.62. The summed E-state index contributed by atoms with van der Waals surface area (Å²) in [5.74, 6) is -0.253. The minimum Gasteiger partial charge on any atom is -0.350 e. The standard InChI is InChI=1S/C30H33N5O3/c1-23-9-8-12-25(19-23)32-29(38)33-17-15-30(16-18-33)28(37)34(22-35(30)26-13-6-3-7-14-26)21-27(36)31-20-24-10-4-2-5-11-24/h2-14,19H,15-18,20-22H2,1H3,(H,31,36)(H,32,38). The van der Waals surface area contributed by atoms with E-state index in [2.05, 4.69) is 15.5 Å². The largest absolute Gasteiger partial charge is 0.350 e. The van der Waals surface area contributed by atoms with Crippen LogP contribution in [0, 0.1) is 6.92 Å². The molecule has 4 amide bonds. The van der Waals surface area contributed by atoms with Crippen LogP contribution in [0.15, 0.2) is 84.9 Å². The fraction of sp³-hybridized carbons (Fsp3) is 0.300. The summed E-state index contributed by atoms with van der Waals surface area (Å²) in [5, 5.41) is 5.90. The molecule has 3 aromatic carbocycles. The average molecular weight is 512 g/mol. The molecule has 0 aromatic heterocycles. The third-order valence-electron chi connectivity index (χ3n) is 7.40. The third-order valence-corrected chi connectivity index (χ3v) is 7.40. The van der Waals surface area contributed by atoms with Crippen molar-refractivity contribution in [2.45, 2.75) is 31.8 Å². The van der Waals surface area contributed by atoms with Gasteiger partial charge in [0.25, 0.3) is 5.91 Å². The lowest BCUT2D eigenvalue weighted by Crippen LogP contribution is -2.58. The van der Waals surface area contributed by atoms with Crippen LogP contribution in [0.3, 0.4) is 0 Å². The highest BCUT2D eigenvalue weighted by Gasteiger charge is 2.54. The van der Waals surface area contributed by atoms with Crippen molar-refractivity contribution in [3.05, 3.63) is 96.1 Å². The molecule has 2 saturated heterocycles. The number of likely N-dealkylation sites (tertiary alicyclic amines) is 1. The summed E-state index contributed by atoms with van der Waals surface area (Å²) in [6, 6.07) is 27.1. The first kappa shape index (κ1) is 25.3. The molecule has 0 unspecified atom stereocenters. The number of rotatable bonds is 6. The van der Waals surface area contributed by atoms with E-state index in [0.29, 0.717) is 39.1 Å². The Morgan fingerprint density at radius 2 is 1.58 bits per heavy atom. The van der Waals surface area contributed by atoms with Gasteiger partial charge in [-0.05, 0) is 55.2 Å². The first-order chi connectivity index (χ1) is 18.4. The number of aryl methyl sites for hydroxylation is 1. The molecule has 2 heterocycles. The first-order valence-electron chi connectivity index (χ1n) is 13.0. The molecule has 2 fully saturated rings. The van der Waals surface area contributed by atoms with Gasteiger partial charge >= 0.3 is 6.03 Å². The number of benzene rings is 3. The topological polar surface area (TPSA) is 85.0 Å². The van der Waals surface area contributed by atoms with E-state index < -0.39 is 5.54 Å². The van der Waals surface area contributed by atoms with Crippen LogP contribution in [0.2, 0.25) is 0 Å². The van der Waals surface area contributed by atoms with Gasteiger partial charge in [-0.15, -0.1) is 0 Å². The molecule has 0 bridgehead atoms. The van der Waals surface area contributed by atoms with Gasteiger partial charge in [0.2, 0.25) is 5.91 Å².